The monoisotopic (exact) mass is 389 g/mol. The molecule has 142 valence electrons. The number of anilines is 1. The van der Waals surface area contributed by atoms with Gasteiger partial charge in [0.05, 0.1) is 19.9 Å². The summed E-state index contributed by atoms with van der Waals surface area (Å²) in [5.74, 6) is -0.171. The number of amides is 1. The second-order valence-electron chi connectivity index (χ2n) is 6.24. The van der Waals surface area contributed by atoms with Crippen LogP contribution in [0.25, 0.3) is 0 Å². The molecule has 1 heterocycles. The molecule has 0 saturated carbocycles. The van der Waals surface area contributed by atoms with Gasteiger partial charge < -0.3 is 14.2 Å². The normalized spacial score (nSPS) is 20.7. The highest BCUT2D eigenvalue weighted by Crippen LogP contribution is 2.54. The quantitative estimate of drug-likeness (QED) is 0.583. The Morgan fingerprint density at radius 2 is 1.78 bits per heavy atom. The van der Waals surface area contributed by atoms with Gasteiger partial charge in [-0.15, -0.1) is 11.6 Å². The molecule has 0 aliphatic carbocycles. The van der Waals surface area contributed by atoms with Gasteiger partial charge in [-0.3, -0.25) is 9.69 Å². The molecule has 0 unspecified atom stereocenters. The van der Waals surface area contributed by atoms with E-state index in [1.54, 1.807) is 25.3 Å². The Morgan fingerprint density at radius 3 is 2.37 bits per heavy atom. The summed E-state index contributed by atoms with van der Waals surface area (Å²) in [4.78, 5) is 26.2. The van der Waals surface area contributed by atoms with Gasteiger partial charge in [0.1, 0.15) is 17.2 Å². The number of nitrogens with zero attached hydrogens (tertiary/aromatic N) is 1. The van der Waals surface area contributed by atoms with Crippen molar-refractivity contribution in [3.05, 3.63) is 59.7 Å². The fourth-order valence-corrected chi connectivity index (χ4v) is 3.58. The molecule has 0 fully saturated rings. The van der Waals surface area contributed by atoms with Gasteiger partial charge >= 0.3 is 12.1 Å². The molecule has 0 aromatic heterocycles. The molecule has 3 rings (SSSR count). The first-order chi connectivity index (χ1) is 13.0. The molecule has 2 aromatic rings. The average molecular weight is 390 g/mol. The summed E-state index contributed by atoms with van der Waals surface area (Å²) in [6.45, 7) is 1.83. The van der Waals surface area contributed by atoms with Crippen LogP contribution in [0.1, 0.15) is 24.2 Å². The molecule has 2 aromatic carbocycles. The average Bonchev–Trinajstić information content (AvgIpc) is 2.96. The van der Waals surface area contributed by atoms with Crippen LogP contribution < -0.4 is 9.64 Å². The van der Waals surface area contributed by atoms with Crippen LogP contribution in [0.4, 0.5) is 10.5 Å². The first-order valence-corrected chi connectivity index (χ1v) is 8.88. The molecular formula is C20H20ClNO5. The summed E-state index contributed by atoms with van der Waals surface area (Å²) < 4.78 is 15.9. The predicted molar refractivity (Wildman–Crippen MR) is 101 cm³/mol. The van der Waals surface area contributed by atoms with Crippen molar-refractivity contribution in [1.82, 2.24) is 0 Å². The maximum absolute atomic E-state index is 12.7. The zero-order chi connectivity index (χ0) is 19.6. The third-order valence-electron chi connectivity index (χ3n) is 4.83. The van der Waals surface area contributed by atoms with E-state index >= 15 is 0 Å². The lowest BCUT2D eigenvalue weighted by molar-refractivity contribution is -0.149. The number of hydrogen-bond acceptors (Lipinski definition) is 5. The smallest absolute Gasteiger partial charge is 0.414 e. The predicted octanol–water partition coefficient (Wildman–Crippen LogP) is 4.02. The van der Waals surface area contributed by atoms with Crippen molar-refractivity contribution in [3.63, 3.8) is 0 Å². The van der Waals surface area contributed by atoms with E-state index in [1.807, 2.05) is 37.3 Å². The molecule has 7 heteroatoms. The minimum Gasteiger partial charge on any atom is -0.497 e. The summed E-state index contributed by atoms with van der Waals surface area (Å²) in [5, 5.41) is 0. The van der Waals surface area contributed by atoms with Gasteiger partial charge in [-0.25, -0.2) is 4.79 Å². The van der Waals surface area contributed by atoms with Crippen LogP contribution in [-0.2, 0) is 19.8 Å². The number of carbonyl (C=O) groups is 2. The fourth-order valence-electron chi connectivity index (χ4n) is 3.51. The number of carbonyl (C=O) groups excluding carboxylic acids is 2. The second kappa shape index (κ2) is 7.48. The lowest BCUT2D eigenvalue weighted by Crippen LogP contribution is -2.48. The number of esters is 1. The third kappa shape index (κ3) is 3.10. The molecule has 0 radical (unpaired) electrons. The lowest BCUT2D eigenvalue weighted by atomic mass is 9.85. The van der Waals surface area contributed by atoms with Crippen LogP contribution in [0.5, 0.6) is 5.75 Å². The molecule has 6 nitrogen and oxygen atoms in total. The number of halogens is 1. The van der Waals surface area contributed by atoms with Gasteiger partial charge in [-0.2, -0.15) is 0 Å². The van der Waals surface area contributed by atoms with Gasteiger partial charge in [-0.05, 0) is 30.7 Å². The minimum absolute atomic E-state index is 0.282. The van der Waals surface area contributed by atoms with Crippen LogP contribution in [-0.4, -0.2) is 32.2 Å². The topological polar surface area (TPSA) is 65.1 Å². The first-order valence-electron chi connectivity index (χ1n) is 8.34. The van der Waals surface area contributed by atoms with E-state index in [9.17, 15) is 9.59 Å². The van der Waals surface area contributed by atoms with Gasteiger partial charge in [0.25, 0.3) is 0 Å². The molecule has 0 bridgehead atoms. The Bertz CT molecular complexity index is 854. The number of fused-ring (bicyclic) bond motifs is 1. The van der Waals surface area contributed by atoms with Crippen molar-refractivity contribution >= 4 is 29.4 Å². The molecule has 27 heavy (non-hydrogen) atoms. The van der Waals surface area contributed by atoms with Gasteiger partial charge in [-0.1, -0.05) is 30.3 Å². The largest absolute Gasteiger partial charge is 0.497 e. The first kappa shape index (κ1) is 19.0. The van der Waals surface area contributed by atoms with Gasteiger partial charge in [0, 0.05) is 5.56 Å². The molecule has 0 N–H and O–H groups in total. The van der Waals surface area contributed by atoms with E-state index in [0.29, 0.717) is 17.0 Å². The van der Waals surface area contributed by atoms with Crippen molar-refractivity contribution < 1.29 is 23.8 Å². The van der Waals surface area contributed by atoms with Crippen molar-refractivity contribution in [2.45, 2.75) is 18.6 Å². The Labute approximate surface area is 162 Å². The molecule has 0 spiro atoms. The molecule has 1 amide bonds. The van der Waals surface area contributed by atoms with Crippen LogP contribution in [0.15, 0.2) is 48.5 Å². The van der Waals surface area contributed by atoms with E-state index in [4.69, 9.17) is 25.8 Å². The highest BCUT2D eigenvalue weighted by molar-refractivity contribution is 6.26. The standard InChI is InChI=1S/C20H20ClNO5/c1-20(13-8-10-14(25-2)11-9-13)18(27-17(23)12-21)15-6-4-5-7-16(15)22(20)19(24)26-3/h4-11,18H,12H2,1-3H3/t18-,20+/m1/s1. The van der Waals surface area contributed by atoms with E-state index in [2.05, 4.69) is 0 Å². The van der Waals surface area contributed by atoms with Crippen LogP contribution in [0.3, 0.4) is 0 Å². The van der Waals surface area contributed by atoms with Crippen LogP contribution in [0, 0.1) is 0 Å². The molecular weight excluding hydrogens is 370 g/mol. The Kier molecular flexibility index (Phi) is 5.28. The van der Waals surface area contributed by atoms with Crippen molar-refractivity contribution in [2.24, 2.45) is 0 Å². The third-order valence-corrected chi connectivity index (χ3v) is 5.04. The van der Waals surface area contributed by atoms with Crippen molar-refractivity contribution in [1.29, 1.82) is 0 Å². The zero-order valence-corrected chi connectivity index (χ0v) is 16.0. The molecule has 2 atom stereocenters. The summed E-state index contributed by atoms with van der Waals surface area (Å²) in [6, 6.07) is 14.5. The van der Waals surface area contributed by atoms with E-state index < -0.39 is 23.7 Å². The molecule has 1 aliphatic heterocycles. The second-order valence-corrected chi connectivity index (χ2v) is 6.51. The number of methoxy groups -OCH3 is 2. The number of para-hydroxylation sites is 1. The van der Waals surface area contributed by atoms with E-state index in [-0.39, 0.29) is 5.88 Å². The summed E-state index contributed by atoms with van der Waals surface area (Å²) in [6.07, 6.45) is -1.29. The SMILES string of the molecule is COC(=O)N1c2ccccc2[C@@H](OC(=O)CCl)[C@]1(C)c1ccc(OC)cc1. The molecule has 1 aliphatic rings. The number of ether oxygens (including phenoxy) is 3. The Balaban J connectivity index is 2.20. The maximum atomic E-state index is 12.7. The number of benzene rings is 2. The summed E-state index contributed by atoms with van der Waals surface area (Å²) >= 11 is 5.67. The zero-order valence-electron chi connectivity index (χ0n) is 15.3. The highest BCUT2D eigenvalue weighted by atomic mass is 35.5. The van der Waals surface area contributed by atoms with E-state index in [1.165, 1.54) is 12.0 Å². The van der Waals surface area contributed by atoms with E-state index in [0.717, 1.165) is 5.56 Å². The van der Waals surface area contributed by atoms with Gasteiger partial charge in [0.15, 0.2) is 6.10 Å². The van der Waals surface area contributed by atoms with Crippen LogP contribution >= 0.6 is 11.6 Å². The lowest BCUT2D eigenvalue weighted by Gasteiger charge is -2.38. The minimum atomic E-state index is -1.02. The number of hydrogen-bond donors (Lipinski definition) is 0. The Morgan fingerprint density at radius 1 is 1.11 bits per heavy atom. The molecule has 0 saturated heterocycles. The van der Waals surface area contributed by atoms with Crippen molar-refractivity contribution in [3.8, 4) is 5.75 Å². The van der Waals surface area contributed by atoms with Gasteiger partial charge in [0.2, 0.25) is 0 Å². The fraction of sp³-hybridized carbons (Fsp3) is 0.300. The highest BCUT2D eigenvalue weighted by Gasteiger charge is 2.54. The summed E-state index contributed by atoms with van der Waals surface area (Å²) in [5.41, 5.74) is 1.07. The van der Waals surface area contributed by atoms with Crippen LogP contribution in [0.2, 0.25) is 0 Å². The van der Waals surface area contributed by atoms with Crippen molar-refractivity contribution in [2.75, 3.05) is 25.0 Å². The summed E-state index contributed by atoms with van der Waals surface area (Å²) in [7, 11) is 2.89. The Hall–Kier alpha value is -2.73. The number of alkyl halides is 1. The number of rotatable bonds is 4. The maximum Gasteiger partial charge on any atom is 0.414 e.